The molecule has 0 fully saturated rings. The van der Waals surface area contributed by atoms with Crippen LogP contribution in [0.2, 0.25) is 0 Å². The molecule has 1 aliphatic rings. The van der Waals surface area contributed by atoms with Crippen LogP contribution >= 0.6 is 0 Å². The largest absolute Gasteiger partial charge is 0.490 e. The number of tetrazole rings is 1. The summed E-state index contributed by atoms with van der Waals surface area (Å²) in [5.74, 6) is 2.22. The number of hydrogen-bond acceptors (Lipinski definition) is 6. The minimum atomic E-state index is 0.505. The van der Waals surface area contributed by atoms with E-state index in [9.17, 15) is 0 Å². The minimum Gasteiger partial charge on any atom is -0.490 e. The van der Waals surface area contributed by atoms with E-state index in [1.54, 1.807) is 4.68 Å². The topological polar surface area (TPSA) is 88.1 Å². The molecule has 7 heteroatoms. The van der Waals surface area contributed by atoms with Crippen LogP contribution in [0.15, 0.2) is 18.2 Å². The van der Waals surface area contributed by atoms with E-state index in [-0.39, 0.29) is 0 Å². The molecular weight excluding hydrogens is 246 g/mol. The van der Waals surface area contributed by atoms with Crippen LogP contribution < -0.4 is 15.2 Å². The molecule has 1 aliphatic heterocycles. The van der Waals surface area contributed by atoms with E-state index >= 15 is 0 Å². The molecule has 1 aromatic carbocycles. The lowest BCUT2D eigenvalue weighted by Crippen LogP contribution is -2.10. The first-order valence-corrected chi connectivity index (χ1v) is 6.26. The molecule has 19 heavy (non-hydrogen) atoms. The third-order valence-electron chi connectivity index (χ3n) is 2.88. The molecule has 2 N–H and O–H groups in total. The predicted molar refractivity (Wildman–Crippen MR) is 67.5 cm³/mol. The molecule has 0 amide bonds. The van der Waals surface area contributed by atoms with Crippen molar-refractivity contribution in [3.05, 3.63) is 24.0 Å². The van der Waals surface area contributed by atoms with Gasteiger partial charge in [0.05, 0.1) is 18.9 Å². The van der Waals surface area contributed by atoms with E-state index in [0.717, 1.165) is 29.4 Å². The van der Waals surface area contributed by atoms with E-state index in [1.165, 1.54) is 0 Å². The summed E-state index contributed by atoms with van der Waals surface area (Å²) in [6, 6.07) is 5.67. The van der Waals surface area contributed by atoms with Crippen LogP contribution in [-0.4, -0.2) is 40.0 Å². The molecule has 1 aromatic heterocycles. The number of rotatable bonds is 3. The Balaban J connectivity index is 1.97. The Morgan fingerprint density at radius 2 is 2.05 bits per heavy atom. The minimum absolute atomic E-state index is 0.505. The Hall–Kier alpha value is -2.15. The summed E-state index contributed by atoms with van der Waals surface area (Å²) >= 11 is 0. The standard InChI is InChI=1S/C12H15N5O2/c13-5-4-12-14-15-16-17(12)9-2-3-10-11(8-9)19-7-1-6-18-10/h2-3,8H,1,4-7,13H2. The molecule has 3 rings (SSSR count). The maximum atomic E-state index is 5.66. The lowest BCUT2D eigenvalue weighted by Gasteiger charge is -2.09. The molecule has 2 heterocycles. The van der Waals surface area contributed by atoms with Crippen LogP contribution in [0, 0.1) is 0 Å². The van der Waals surface area contributed by atoms with Crippen molar-refractivity contribution in [3.63, 3.8) is 0 Å². The monoisotopic (exact) mass is 261 g/mol. The highest BCUT2D eigenvalue weighted by Gasteiger charge is 2.14. The third-order valence-corrected chi connectivity index (χ3v) is 2.88. The summed E-state index contributed by atoms with van der Waals surface area (Å²) < 4.78 is 12.9. The van der Waals surface area contributed by atoms with Gasteiger partial charge in [0.15, 0.2) is 17.3 Å². The Morgan fingerprint density at radius 3 is 2.89 bits per heavy atom. The highest BCUT2D eigenvalue weighted by Crippen LogP contribution is 2.31. The third kappa shape index (κ3) is 2.37. The van der Waals surface area contributed by atoms with Gasteiger partial charge in [-0.25, -0.2) is 0 Å². The summed E-state index contributed by atoms with van der Waals surface area (Å²) in [4.78, 5) is 0. The zero-order chi connectivity index (χ0) is 13.1. The van der Waals surface area contributed by atoms with Gasteiger partial charge < -0.3 is 15.2 Å². The summed E-state index contributed by atoms with van der Waals surface area (Å²) in [7, 11) is 0. The first-order chi connectivity index (χ1) is 9.38. The summed E-state index contributed by atoms with van der Waals surface area (Å²) in [5.41, 5.74) is 6.39. The molecular formula is C12H15N5O2. The van der Waals surface area contributed by atoms with Gasteiger partial charge in [0.2, 0.25) is 0 Å². The van der Waals surface area contributed by atoms with E-state index < -0.39 is 0 Å². The number of nitrogens with two attached hydrogens (primary N) is 1. The smallest absolute Gasteiger partial charge is 0.163 e. The second kappa shape index (κ2) is 5.23. The molecule has 0 spiro atoms. The van der Waals surface area contributed by atoms with Crippen molar-refractivity contribution >= 4 is 0 Å². The Morgan fingerprint density at radius 1 is 1.21 bits per heavy atom. The molecule has 2 aromatic rings. The highest BCUT2D eigenvalue weighted by atomic mass is 16.5. The number of ether oxygens (including phenoxy) is 2. The van der Waals surface area contributed by atoms with E-state index in [4.69, 9.17) is 15.2 Å². The summed E-state index contributed by atoms with van der Waals surface area (Å²) in [6.07, 6.45) is 1.51. The van der Waals surface area contributed by atoms with Crippen molar-refractivity contribution in [3.8, 4) is 17.2 Å². The summed E-state index contributed by atoms with van der Waals surface area (Å²) in [6.45, 7) is 1.84. The van der Waals surface area contributed by atoms with Gasteiger partial charge >= 0.3 is 0 Å². The average Bonchev–Trinajstić information content (AvgIpc) is 2.76. The Kier molecular flexibility index (Phi) is 3.28. The average molecular weight is 261 g/mol. The van der Waals surface area contributed by atoms with Gasteiger partial charge in [0, 0.05) is 18.9 Å². The zero-order valence-electron chi connectivity index (χ0n) is 10.5. The fraction of sp³-hybridized carbons (Fsp3) is 0.417. The number of aromatic nitrogens is 4. The van der Waals surface area contributed by atoms with Crippen molar-refractivity contribution in [2.45, 2.75) is 12.8 Å². The van der Waals surface area contributed by atoms with Crippen LogP contribution in [0.1, 0.15) is 12.2 Å². The van der Waals surface area contributed by atoms with Gasteiger partial charge in [-0.3, -0.25) is 0 Å². The maximum absolute atomic E-state index is 5.66. The molecule has 0 unspecified atom stereocenters. The SMILES string of the molecule is NCCc1nnnn1-c1ccc2c(c1)OCCCO2. The van der Waals surface area contributed by atoms with Crippen molar-refractivity contribution in [2.24, 2.45) is 5.73 Å². The fourth-order valence-corrected chi connectivity index (χ4v) is 1.97. The molecule has 100 valence electrons. The van der Waals surface area contributed by atoms with Crippen LogP contribution in [0.3, 0.4) is 0 Å². The van der Waals surface area contributed by atoms with Gasteiger partial charge in [0.25, 0.3) is 0 Å². The van der Waals surface area contributed by atoms with Crippen molar-refractivity contribution in [1.82, 2.24) is 20.2 Å². The molecule has 0 bridgehead atoms. The number of nitrogens with zero attached hydrogens (tertiary/aromatic N) is 4. The quantitative estimate of drug-likeness (QED) is 0.856. The Labute approximate surface area is 110 Å². The zero-order valence-corrected chi connectivity index (χ0v) is 10.5. The first kappa shape index (κ1) is 11.9. The maximum Gasteiger partial charge on any atom is 0.163 e. The van der Waals surface area contributed by atoms with E-state index in [1.807, 2.05) is 18.2 Å². The van der Waals surface area contributed by atoms with Crippen LogP contribution in [0.25, 0.3) is 5.69 Å². The number of benzene rings is 1. The van der Waals surface area contributed by atoms with Crippen molar-refractivity contribution < 1.29 is 9.47 Å². The fourth-order valence-electron chi connectivity index (χ4n) is 1.97. The van der Waals surface area contributed by atoms with Gasteiger partial charge in [-0.15, -0.1) is 5.10 Å². The van der Waals surface area contributed by atoms with Crippen LogP contribution in [-0.2, 0) is 6.42 Å². The Bertz CT molecular complexity index is 569. The van der Waals surface area contributed by atoms with Gasteiger partial charge in [-0.2, -0.15) is 4.68 Å². The van der Waals surface area contributed by atoms with Crippen LogP contribution in [0.5, 0.6) is 11.5 Å². The van der Waals surface area contributed by atoms with Gasteiger partial charge in [-0.1, -0.05) is 0 Å². The lowest BCUT2D eigenvalue weighted by atomic mass is 10.2. The second-order valence-electron chi connectivity index (χ2n) is 4.23. The predicted octanol–water partition coefficient (Wildman–Crippen LogP) is 0.325. The number of hydrogen-bond donors (Lipinski definition) is 1. The van der Waals surface area contributed by atoms with E-state index in [0.29, 0.717) is 26.2 Å². The van der Waals surface area contributed by atoms with Crippen LogP contribution in [0.4, 0.5) is 0 Å². The normalized spacial score (nSPS) is 14.2. The van der Waals surface area contributed by atoms with Crippen molar-refractivity contribution in [2.75, 3.05) is 19.8 Å². The molecule has 0 aliphatic carbocycles. The molecule has 0 saturated heterocycles. The molecule has 0 atom stereocenters. The number of fused-ring (bicyclic) bond motifs is 1. The molecule has 7 nitrogen and oxygen atoms in total. The van der Waals surface area contributed by atoms with E-state index in [2.05, 4.69) is 15.5 Å². The van der Waals surface area contributed by atoms with Crippen molar-refractivity contribution in [1.29, 1.82) is 0 Å². The van der Waals surface area contributed by atoms with Gasteiger partial charge in [-0.05, 0) is 29.1 Å². The lowest BCUT2D eigenvalue weighted by molar-refractivity contribution is 0.297. The molecule has 0 radical (unpaired) electrons. The first-order valence-electron chi connectivity index (χ1n) is 6.26. The molecule has 0 saturated carbocycles. The summed E-state index contributed by atoms with van der Waals surface area (Å²) in [5, 5.41) is 11.6. The van der Waals surface area contributed by atoms with Gasteiger partial charge in [0.1, 0.15) is 0 Å². The highest BCUT2D eigenvalue weighted by molar-refractivity contribution is 5.49. The second-order valence-corrected chi connectivity index (χ2v) is 4.23.